The van der Waals surface area contributed by atoms with Gasteiger partial charge in [0.2, 0.25) is 10.0 Å². The molecule has 4 nitrogen and oxygen atoms in total. The standard InChI is InChI=1S/C11H16ClNO3S2/c12-10-6-7-11(17-10)18(15,16)13-8-4-2-1-3-5-9(8)14/h6-9,13-14H,1-5H2. The average Bonchev–Trinajstić information content (AvgIpc) is 2.65. The van der Waals surface area contributed by atoms with Gasteiger partial charge in [-0.1, -0.05) is 30.9 Å². The molecule has 1 aromatic heterocycles. The van der Waals surface area contributed by atoms with Crippen molar-refractivity contribution in [3.63, 3.8) is 0 Å². The lowest BCUT2D eigenvalue weighted by atomic mass is 10.1. The van der Waals surface area contributed by atoms with Crippen LogP contribution < -0.4 is 4.72 Å². The van der Waals surface area contributed by atoms with Crippen LogP contribution in [-0.2, 0) is 10.0 Å². The highest BCUT2D eigenvalue weighted by Gasteiger charge is 2.27. The Bertz CT molecular complexity index is 500. The molecule has 0 amide bonds. The largest absolute Gasteiger partial charge is 0.391 e. The summed E-state index contributed by atoms with van der Waals surface area (Å²) in [6.07, 6.45) is 3.66. The summed E-state index contributed by atoms with van der Waals surface area (Å²) in [5, 5.41) is 9.91. The molecule has 0 saturated heterocycles. The van der Waals surface area contributed by atoms with Crippen LogP contribution in [0.2, 0.25) is 4.34 Å². The quantitative estimate of drug-likeness (QED) is 0.842. The van der Waals surface area contributed by atoms with E-state index in [1.165, 1.54) is 6.07 Å². The van der Waals surface area contributed by atoms with Crippen molar-refractivity contribution >= 4 is 33.0 Å². The maximum atomic E-state index is 12.1. The number of aliphatic hydroxyl groups is 1. The van der Waals surface area contributed by atoms with Gasteiger partial charge in [0.25, 0.3) is 0 Å². The maximum absolute atomic E-state index is 12.1. The Kier molecular flexibility index (Phi) is 4.66. The van der Waals surface area contributed by atoms with Crippen LogP contribution in [0.4, 0.5) is 0 Å². The lowest BCUT2D eigenvalue weighted by Gasteiger charge is -2.21. The molecule has 1 saturated carbocycles. The number of aliphatic hydroxyl groups excluding tert-OH is 1. The molecule has 0 spiro atoms. The molecule has 1 aromatic rings. The second-order valence-electron chi connectivity index (χ2n) is 4.49. The first kappa shape index (κ1) is 14.3. The maximum Gasteiger partial charge on any atom is 0.250 e. The zero-order chi connectivity index (χ0) is 13.2. The van der Waals surface area contributed by atoms with Gasteiger partial charge in [0.1, 0.15) is 4.21 Å². The molecule has 2 N–H and O–H groups in total. The van der Waals surface area contributed by atoms with Crippen molar-refractivity contribution in [3.05, 3.63) is 16.5 Å². The van der Waals surface area contributed by atoms with Gasteiger partial charge in [0.05, 0.1) is 10.4 Å². The molecule has 2 unspecified atom stereocenters. The van der Waals surface area contributed by atoms with Crippen LogP contribution in [0.1, 0.15) is 32.1 Å². The number of rotatable bonds is 3. The van der Waals surface area contributed by atoms with E-state index in [1.54, 1.807) is 6.07 Å². The van der Waals surface area contributed by atoms with E-state index < -0.39 is 22.2 Å². The molecule has 1 heterocycles. The normalized spacial score (nSPS) is 25.9. The van der Waals surface area contributed by atoms with Crippen molar-refractivity contribution in [2.75, 3.05) is 0 Å². The summed E-state index contributed by atoms with van der Waals surface area (Å²) in [4.78, 5) is 0. The Morgan fingerprint density at radius 2 is 2.00 bits per heavy atom. The third-order valence-electron chi connectivity index (χ3n) is 3.10. The topological polar surface area (TPSA) is 66.4 Å². The lowest BCUT2D eigenvalue weighted by molar-refractivity contribution is 0.130. The number of thiophene rings is 1. The summed E-state index contributed by atoms with van der Waals surface area (Å²) >= 11 is 6.76. The number of hydrogen-bond acceptors (Lipinski definition) is 4. The number of hydrogen-bond donors (Lipinski definition) is 2. The Morgan fingerprint density at radius 3 is 2.67 bits per heavy atom. The second-order valence-corrected chi connectivity index (χ2v) is 8.15. The molecule has 7 heteroatoms. The van der Waals surface area contributed by atoms with E-state index in [1.807, 2.05) is 0 Å². The van der Waals surface area contributed by atoms with Crippen molar-refractivity contribution in [1.29, 1.82) is 0 Å². The van der Waals surface area contributed by atoms with Crippen LogP contribution in [0.15, 0.2) is 16.3 Å². The number of nitrogens with one attached hydrogen (secondary N) is 1. The summed E-state index contributed by atoms with van der Waals surface area (Å²) < 4.78 is 27.4. The summed E-state index contributed by atoms with van der Waals surface area (Å²) in [5.74, 6) is 0. The summed E-state index contributed by atoms with van der Waals surface area (Å²) in [6.45, 7) is 0. The number of halogens is 1. The van der Waals surface area contributed by atoms with E-state index in [-0.39, 0.29) is 4.21 Å². The molecule has 0 aromatic carbocycles. The summed E-state index contributed by atoms with van der Waals surface area (Å²) in [6, 6.07) is 2.65. The van der Waals surface area contributed by atoms with Crippen LogP contribution in [0.5, 0.6) is 0 Å². The van der Waals surface area contributed by atoms with Gasteiger partial charge >= 0.3 is 0 Å². The first-order chi connectivity index (χ1) is 8.49. The minimum Gasteiger partial charge on any atom is -0.391 e. The molecule has 102 valence electrons. The Hall–Kier alpha value is -0.140. The molecule has 1 aliphatic carbocycles. The second kappa shape index (κ2) is 5.88. The van der Waals surface area contributed by atoms with E-state index in [2.05, 4.69) is 4.72 Å². The van der Waals surface area contributed by atoms with Crippen LogP contribution in [0, 0.1) is 0 Å². The molecule has 2 rings (SSSR count). The van der Waals surface area contributed by atoms with Gasteiger partial charge in [-0.05, 0) is 25.0 Å². The summed E-state index contributed by atoms with van der Waals surface area (Å²) in [5.41, 5.74) is 0. The van der Waals surface area contributed by atoms with Gasteiger partial charge in [-0.15, -0.1) is 11.3 Å². The first-order valence-electron chi connectivity index (χ1n) is 5.95. The van der Waals surface area contributed by atoms with Crippen molar-refractivity contribution in [1.82, 2.24) is 4.72 Å². The fourth-order valence-electron chi connectivity index (χ4n) is 2.13. The van der Waals surface area contributed by atoms with Gasteiger partial charge < -0.3 is 5.11 Å². The smallest absolute Gasteiger partial charge is 0.250 e. The molecule has 0 bridgehead atoms. The van der Waals surface area contributed by atoms with E-state index >= 15 is 0 Å². The Balaban J connectivity index is 2.11. The third-order valence-corrected chi connectivity index (χ3v) is 6.31. The predicted octanol–water partition coefficient (Wildman–Crippen LogP) is 2.37. The van der Waals surface area contributed by atoms with Crippen molar-refractivity contribution < 1.29 is 13.5 Å². The van der Waals surface area contributed by atoms with Gasteiger partial charge in [0, 0.05) is 6.04 Å². The van der Waals surface area contributed by atoms with Crippen molar-refractivity contribution in [2.45, 2.75) is 48.5 Å². The van der Waals surface area contributed by atoms with E-state index in [0.29, 0.717) is 17.2 Å². The van der Waals surface area contributed by atoms with Crippen molar-refractivity contribution in [3.8, 4) is 0 Å². The van der Waals surface area contributed by atoms with Gasteiger partial charge in [-0.25, -0.2) is 13.1 Å². The van der Waals surface area contributed by atoms with Crippen molar-refractivity contribution in [2.24, 2.45) is 0 Å². The molecule has 0 radical (unpaired) electrons. The van der Waals surface area contributed by atoms with E-state index in [4.69, 9.17) is 11.6 Å². The minimum atomic E-state index is -3.56. The van der Waals surface area contributed by atoms with Crippen LogP contribution in [0.25, 0.3) is 0 Å². The van der Waals surface area contributed by atoms with Crippen LogP contribution >= 0.6 is 22.9 Å². The van der Waals surface area contributed by atoms with E-state index in [0.717, 1.165) is 30.6 Å². The fraction of sp³-hybridized carbons (Fsp3) is 0.636. The highest BCUT2D eigenvalue weighted by atomic mass is 35.5. The molecule has 1 fully saturated rings. The van der Waals surface area contributed by atoms with Gasteiger partial charge in [0.15, 0.2) is 0 Å². The molecular weight excluding hydrogens is 294 g/mol. The zero-order valence-electron chi connectivity index (χ0n) is 9.80. The first-order valence-corrected chi connectivity index (χ1v) is 8.62. The average molecular weight is 310 g/mol. The SMILES string of the molecule is O=S(=O)(NC1CCCCCC1O)c1ccc(Cl)s1. The van der Waals surface area contributed by atoms with Crippen LogP contribution in [-0.4, -0.2) is 25.7 Å². The molecule has 0 aliphatic heterocycles. The highest BCUT2D eigenvalue weighted by molar-refractivity contribution is 7.91. The molecule has 18 heavy (non-hydrogen) atoms. The molecule has 1 aliphatic rings. The Morgan fingerprint density at radius 1 is 1.28 bits per heavy atom. The number of sulfonamides is 1. The zero-order valence-corrected chi connectivity index (χ0v) is 12.2. The van der Waals surface area contributed by atoms with E-state index in [9.17, 15) is 13.5 Å². The minimum absolute atomic E-state index is 0.198. The lowest BCUT2D eigenvalue weighted by Crippen LogP contribution is -2.42. The predicted molar refractivity (Wildman–Crippen MR) is 72.5 cm³/mol. The molecule has 2 atom stereocenters. The fourth-order valence-corrected chi connectivity index (χ4v) is 4.93. The molecular formula is C11H16ClNO3S2. The Labute approximate surface area is 116 Å². The van der Waals surface area contributed by atoms with Crippen LogP contribution in [0.3, 0.4) is 0 Å². The monoisotopic (exact) mass is 309 g/mol. The van der Waals surface area contributed by atoms with Gasteiger partial charge in [-0.2, -0.15) is 0 Å². The van der Waals surface area contributed by atoms with Gasteiger partial charge in [-0.3, -0.25) is 0 Å². The third kappa shape index (κ3) is 3.45. The summed E-state index contributed by atoms with van der Waals surface area (Å²) in [7, 11) is -3.56. The highest BCUT2D eigenvalue weighted by Crippen LogP contribution is 2.27.